The number of aryl methyl sites for hydroxylation is 6. The van der Waals surface area contributed by atoms with Gasteiger partial charge in [-0.05, 0) is 158 Å². The Morgan fingerprint density at radius 2 is 0.710 bits per heavy atom. The summed E-state index contributed by atoms with van der Waals surface area (Å²) in [5.41, 5.74) is 20.3. The van der Waals surface area contributed by atoms with E-state index in [-0.39, 0.29) is 0 Å². The van der Waals surface area contributed by atoms with Gasteiger partial charge >= 0.3 is 0 Å². The SMILES string of the molecule is Cc1cc(C)c(-c2ccc3c(c2)c2ccccc2n3-c2cc(C#N)cc(-n3c4ccccc4c4cc(-c5c(C)cc(C)cc5C)ccc43)c2-c2cc(C#N)cc(C#N)c2)c(C)c1. The van der Waals surface area contributed by atoms with Gasteiger partial charge in [0, 0.05) is 27.1 Å². The molecule has 0 aliphatic heterocycles. The number of nitrogens with zero attached hydrogens (tertiary/aromatic N) is 5. The molecular weight excluding hydrogens is 755 g/mol. The largest absolute Gasteiger partial charge is 0.308 e. The number of rotatable bonds is 5. The number of para-hydroxylation sites is 2. The van der Waals surface area contributed by atoms with Crippen LogP contribution in [-0.4, -0.2) is 9.13 Å². The van der Waals surface area contributed by atoms with E-state index < -0.39 is 0 Å². The molecule has 0 N–H and O–H groups in total. The lowest BCUT2D eigenvalue weighted by atomic mass is 9.93. The van der Waals surface area contributed by atoms with Gasteiger partial charge in [-0.15, -0.1) is 0 Å². The summed E-state index contributed by atoms with van der Waals surface area (Å²) >= 11 is 0. The highest BCUT2D eigenvalue weighted by molar-refractivity contribution is 6.13. The summed E-state index contributed by atoms with van der Waals surface area (Å²) in [7, 11) is 0. The number of fused-ring (bicyclic) bond motifs is 6. The third-order valence-electron chi connectivity index (χ3n) is 12.5. The van der Waals surface area contributed by atoms with Crippen LogP contribution in [0.1, 0.15) is 50.1 Å². The van der Waals surface area contributed by atoms with E-state index in [2.05, 4.69) is 166 Å². The number of aromatic nitrogens is 2. The summed E-state index contributed by atoms with van der Waals surface area (Å²) in [6.07, 6.45) is 0. The van der Waals surface area contributed by atoms with E-state index in [1.54, 1.807) is 6.07 Å². The van der Waals surface area contributed by atoms with Crippen molar-refractivity contribution in [1.82, 2.24) is 9.13 Å². The maximum Gasteiger partial charge on any atom is 0.0993 e. The number of benzene rings is 8. The van der Waals surface area contributed by atoms with E-state index in [1.165, 1.54) is 44.5 Å². The van der Waals surface area contributed by atoms with E-state index in [0.29, 0.717) is 22.3 Å². The summed E-state index contributed by atoms with van der Waals surface area (Å²) in [6.45, 7) is 13.0. The van der Waals surface area contributed by atoms with Crippen molar-refractivity contribution in [3.8, 4) is 63.0 Å². The molecule has 0 fully saturated rings. The molecule has 0 amide bonds. The first kappa shape index (κ1) is 38.1. The molecule has 0 bridgehead atoms. The Hall–Kier alpha value is -8.17. The Kier molecular flexibility index (Phi) is 8.92. The molecule has 0 aliphatic carbocycles. The maximum atomic E-state index is 10.9. The van der Waals surface area contributed by atoms with Gasteiger partial charge in [0.05, 0.1) is 68.3 Å². The van der Waals surface area contributed by atoms with Crippen LogP contribution in [0, 0.1) is 75.5 Å². The van der Waals surface area contributed by atoms with Crippen LogP contribution in [-0.2, 0) is 0 Å². The van der Waals surface area contributed by atoms with Crippen LogP contribution in [0.15, 0.2) is 140 Å². The molecule has 5 heteroatoms. The van der Waals surface area contributed by atoms with Crippen molar-refractivity contribution in [3.63, 3.8) is 0 Å². The number of hydrogen-bond acceptors (Lipinski definition) is 3. The first-order valence-corrected chi connectivity index (χ1v) is 20.8. The zero-order chi connectivity index (χ0) is 43.0. The smallest absolute Gasteiger partial charge is 0.0993 e. The van der Waals surface area contributed by atoms with Gasteiger partial charge < -0.3 is 9.13 Å². The molecule has 2 aromatic heterocycles. The molecule has 0 unspecified atom stereocenters. The van der Waals surface area contributed by atoms with Crippen LogP contribution in [0.25, 0.3) is 88.4 Å². The van der Waals surface area contributed by atoms with Crippen molar-refractivity contribution in [1.29, 1.82) is 15.8 Å². The van der Waals surface area contributed by atoms with Gasteiger partial charge in [0.25, 0.3) is 0 Å². The van der Waals surface area contributed by atoms with Crippen molar-refractivity contribution >= 4 is 43.6 Å². The van der Waals surface area contributed by atoms with Crippen LogP contribution >= 0.6 is 0 Å². The standard InChI is InChI=1S/C57H41N5/c1-33-19-35(3)55(36(4)20-33)42-15-17-51-47(28-42)45-11-7-9-13-49(45)61(51)53-26-41(32-60)27-54(57(53)44-24-39(30-58)23-40(25-44)31-59)62-50-14-10-8-12-46(50)48-29-43(16-18-52(48)62)56-37(5)21-34(2)22-38(56)6/h7-29H,1-6H3. The summed E-state index contributed by atoms with van der Waals surface area (Å²) in [5.74, 6) is 0. The lowest BCUT2D eigenvalue weighted by molar-refractivity contribution is 1.13. The predicted octanol–water partition coefficient (Wildman–Crippen LogP) is 14.3. The molecule has 0 saturated heterocycles. The van der Waals surface area contributed by atoms with Crippen molar-refractivity contribution in [3.05, 3.63) is 190 Å². The minimum Gasteiger partial charge on any atom is -0.308 e. The fraction of sp³-hybridized carbons (Fsp3) is 0.105. The molecule has 0 saturated carbocycles. The zero-order valence-corrected chi connectivity index (χ0v) is 35.5. The third kappa shape index (κ3) is 5.97. The van der Waals surface area contributed by atoms with Crippen LogP contribution in [0.4, 0.5) is 0 Å². The quantitative estimate of drug-likeness (QED) is 0.174. The third-order valence-corrected chi connectivity index (χ3v) is 12.5. The molecule has 0 spiro atoms. The molecule has 2 heterocycles. The van der Waals surface area contributed by atoms with Gasteiger partial charge in [-0.2, -0.15) is 15.8 Å². The molecule has 294 valence electrons. The zero-order valence-electron chi connectivity index (χ0n) is 35.5. The van der Waals surface area contributed by atoms with Crippen LogP contribution in [0.3, 0.4) is 0 Å². The Bertz CT molecular complexity index is 3410. The van der Waals surface area contributed by atoms with E-state index in [9.17, 15) is 15.8 Å². The lowest BCUT2D eigenvalue weighted by Crippen LogP contribution is -2.05. The fourth-order valence-corrected chi connectivity index (χ4v) is 10.3. The first-order chi connectivity index (χ1) is 30.1. The molecule has 10 rings (SSSR count). The topological polar surface area (TPSA) is 81.2 Å². The normalized spacial score (nSPS) is 11.3. The van der Waals surface area contributed by atoms with Crippen molar-refractivity contribution < 1.29 is 0 Å². The Morgan fingerprint density at radius 3 is 1.11 bits per heavy atom. The summed E-state index contributed by atoms with van der Waals surface area (Å²) < 4.78 is 4.51. The average molecular weight is 796 g/mol. The highest BCUT2D eigenvalue weighted by atomic mass is 15.0. The van der Waals surface area contributed by atoms with E-state index >= 15 is 0 Å². The molecular formula is C57H41N5. The molecule has 5 nitrogen and oxygen atoms in total. The summed E-state index contributed by atoms with van der Waals surface area (Å²) in [4.78, 5) is 0. The van der Waals surface area contributed by atoms with Gasteiger partial charge in [0.1, 0.15) is 0 Å². The van der Waals surface area contributed by atoms with E-state index in [0.717, 1.165) is 71.7 Å². The van der Waals surface area contributed by atoms with Crippen LogP contribution in [0.2, 0.25) is 0 Å². The van der Waals surface area contributed by atoms with Crippen molar-refractivity contribution in [2.45, 2.75) is 41.5 Å². The van der Waals surface area contributed by atoms with Gasteiger partial charge in [-0.1, -0.05) is 83.9 Å². The number of nitriles is 3. The molecule has 0 aliphatic rings. The highest BCUT2D eigenvalue weighted by Crippen LogP contribution is 2.45. The predicted molar refractivity (Wildman–Crippen MR) is 254 cm³/mol. The van der Waals surface area contributed by atoms with E-state index in [1.807, 2.05) is 36.4 Å². The van der Waals surface area contributed by atoms with Gasteiger partial charge in [0.15, 0.2) is 0 Å². The monoisotopic (exact) mass is 795 g/mol. The van der Waals surface area contributed by atoms with Gasteiger partial charge in [0.2, 0.25) is 0 Å². The Balaban J connectivity index is 1.34. The minimum atomic E-state index is 0.381. The van der Waals surface area contributed by atoms with Crippen LogP contribution in [0.5, 0.6) is 0 Å². The molecule has 0 atom stereocenters. The van der Waals surface area contributed by atoms with Crippen LogP contribution < -0.4 is 0 Å². The van der Waals surface area contributed by atoms with Gasteiger partial charge in [-0.3, -0.25) is 0 Å². The molecule has 62 heavy (non-hydrogen) atoms. The second kappa shape index (κ2) is 14.5. The van der Waals surface area contributed by atoms with Crippen molar-refractivity contribution in [2.24, 2.45) is 0 Å². The summed E-state index contributed by atoms with van der Waals surface area (Å²) in [5, 5.41) is 35.8. The second-order valence-electron chi connectivity index (χ2n) is 16.7. The number of hydrogen-bond donors (Lipinski definition) is 0. The van der Waals surface area contributed by atoms with Crippen molar-refractivity contribution in [2.75, 3.05) is 0 Å². The Morgan fingerprint density at radius 1 is 0.339 bits per heavy atom. The van der Waals surface area contributed by atoms with Gasteiger partial charge in [-0.25, -0.2) is 0 Å². The Labute approximate surface area is 361 Å². The van der Waals surface area contributed by atoms with E-state index in [4.69, 9.17) is 0 Å². The summed E-state index contributed by atoms with van der Waals surface area (Å²) in [6, 6.07) is 55.5. The second-order valence-corrected chi connectivity index (χ2v) is 16.7. The average Bonchev–Trinajstić information content (AvgIpc) is 3.77. The lowest BCUT2D eigenvalue weighted by Gasteiger charge is -2.21. The minimum absolute atomic E-state index is 0.381. The molecule has 10 aromatic rings. The first-order valence-electron chi connectivity index (χ1n) is 20.8. The molecule has 8 aromatic carbocycles. The molecule has 0 radical (unpaired) electrons. The fourth-order valence-electron chi connectivity index (χ4n) is 10.3. The highest BCUT2D eigenvalue weighted by Gasteiger charge is 2.25. The maximum absolute atomic E-state index is 10.9.